The third kappa shape index (κ3) is 2.34. The minimum Gasteiger partial charge on any atom is -0.493 e. The largest absolute Gasteiger partial charge is 0.493 e. The summed E-state index contributed by atoms with van der Waals surface area (Å²) >= 11 is 5.98. The maximum atomic E-state index is 10.2. The van der Waals surface area contributed by atoms with Crippen LogP contribution in [0.5, 0.6) is 5.88 Å². The van der Waals surface area contributed by atoms with Crippen LogP contribution in [0.25, 0.3) is 11.6 Å². The van der Waals surface area contributed by atoms with Crippen LogP contribution in [0.2, 0.25) is 5.02 Å². The summed E-state index contributed by atoms with van der Waals surface area (Å²) in [6.07, 6.45) is 5.07. The molecule has 0 saturated carbocycles. The zero-order valence-corrected chi connectivity index (χ0v) is 12.8. The van der Waals surface area contributed by atoms with E-state index >= 15 is 0 Å². The van der Waals surface area contributed by atoms with Gasteiger partial charge in [0.25, 0.3) is 0 Å². The van der Waals surface area contributed by atoms with E-state index in [9.17, 15) is 5.11 Å². The van der Waals surface area contributed by atoms with Crippen LogP contribution in [0.3, 0.4) is 0 Å². The highest BCUT2D eigenvalue weighted by Gasteiger charge is 2.18. The van der Waals surface area contributed by atoms with Crippen molar-refractivity contribution in [3.63, 3.8) is 0 Å². The molecule has 0 unspecified atom stereocenters. The van der Waals surface area contributed by atoms with Gasteiger partial charge in [0.2, 0.25) is 5.88 Å². The molecule has 2 aromatic heterocycles. The summed E-state index contributed by atoms with van der Waals surface area (Å²) in [6.45, 7) is 4.07. The van der Waals surface area contributed by atoms with E-state index in [1.807, 2.05) is 19.9 Å². The first kappa shape index (κ1) is 13.8. The van der Waals surface area contributed by atoms with Crippen LogP contribution in [0.4, 0.5) is 5.82 Å². The Hall–Kier alpha value is -2.14. The molecule has 3 rings (SSSR count). The van der Waals surface area contributed by atoms with Crippen molar-refractivity contribution in [2.45, 2.75) is 19.8 Å². The Balaban J connectivity index is 2.08. The van der Waals surface area contributed by atoms with Gasteiger partial charge in [-0.3, -0.25) is 0 Å². The number of aromatic hydroxyl groups is 1. The predicted octanol–water partition coefficient (Wildman–Crippen LogP) is 3.55. The van der Waals surface area contributed by atoms with Crippen LogP contribution in [-0.2, 0) is 7.05 Å². The van der Waals surface area contributed by atoms with Gasteiger partial charge in [-0.05, 0) is 12.1 Å². The summed E-state index contributed by atoms with van der Waals surface area (Å²) in [7, 11) is 1.80. The van der Waals surface area contributed by atoms with Crippen LogP contribution >= 0.6 is 11.6 Å². The van der Waals surface area contributed by atoms with Gasteiger partial charge in [0, 0.05) is 36.5 Å². The van der Waals surface area contributed by atoms with Gasteiger partial charge in [0.15, 0.2) is 5.82 Å². The van der Waals surface area contributed by atoms with Gasteiger partial charge in [-0.25, -0.2) is 15.0 Å². The van der Waals surface area contributed by atoms with Crippen molar-refractivity contribution in [1.82, 2.24) is 14.5 Å². The summed E-state index contributed by atoms with van der Waals surface area (Å²) < 4.78 is 1.69. The average Bonchev–Trinajstić information content (AvgIpc) is 2.95. The lowest BCUT2D eigenvalue weighted by Crippen LogP contribution is -1.98. The second kappa shape index (κ2) is 5.00. The molecular formula is C15H15ClN4O. The molecule has 0 aliphatic carbocycles. The van der Waals surface area contributed by atoms with Gasteiger partial charge in [-0.1, -0.05) is 25.4 Å². The number of aliphatic imine (C=N–C) groups is 1. The number of pyridine rings is 1. The number of nitrogens with zero attached hydrogens (tertiary/aromatic N) is 4. The lowest BCUT2D eigenvalue weighted by atomic mass is 10.1. The Bertz CT molecular complexity index is 774. The number of allylic oxidation sites excluding steroid dienone is 1. The van der Waals surface area contributed by atoms with Gasteiger partial charge in [-0.15, -0.1) is 0 Å². The second-order valence-corrected chi connectivity index (χ2v) is 5.71. The highest BCUT2D eigenvalue weighted by Crippen LogP contribution is 2.34. The van der Waals surface area contributed by atoms with Crippen LogP contribution < -0.4 is 0 Å². The van der Waals surface area contributed by atoms with E-state index < -0.39 is 0 Å². The average molecular weight is 303 g/mol. The summed E-state index contributed by atoms with van der Waals surface area (Å²) in [6, 6.07) is 1.81. The minimum atomic E-state index is 0.142. The maximum absolute atomic E-state index is 10.2. The van der Waals surface area contributed by atoms with Crippen LogP contribution in [0, 0.1) is 0 Å². The van der Waals surface area contributed by atoms with Crippen molar-refractivity contribution in [3.05, 3.63) is 34.4 Å². The lowest BCUT2D eigenvalue weighted by Gasteiger charge is -2.03. The Morgan fingerprint density at radius 2 is 2.14 bits per heavy atom. The SMILES string of the molecule is CC(C)c1nc(C=C2C=Nc3ncc(Cl)cc32)c(O)n1C. The fourth-order valence-corrected chi connectivity index (χ4v) is 2.51. The van der Waals surface area contributed by atoms with Crippen molar-refractivity contribution in [1.29, 1.82) is 0 Å². The van der Waals surface area contributed by atoms with E-state index in [0.717, 1.165) is 17.0 Å². The number of hydrogen-bond acceptors (Lipinski definition) is 4. The van der Waals surface area contributed by atoms with Crippen molar-refractivity contribution < 1.29 is 5.11 Å². The molecule has 0 saturated heterocycles. The van der Waals surface area contributed by atoms with Crippen LogP contribution in [0.1, 0.15) is 36.8 Å². The fraction of sp³-hybridized carbons (Fsp3) is 0.267. The summed E-state index contributed by atoms with van der Waals surface area (Å²) in [4.78, 5) is 12.9. The molecule has 108 valence electrons. The van der Waals surface area contributed by atoms with E-state index in [1.165, 1.54) is 0 Å². The number of hydrogen-bond donors (Lipinski definition) is 1. The Labute approximate surface area is 127 Å². The Morgan fingerprint density at radius 3 is 2.81 bits per heavy atom. The molecule has 1 aliphatic rings. The van der Waals surface area contributed by atoms with Crippen LogP contribution in [-0.4, -0.2) is 25.9 Å². The molecule has 0 spiro atoms. The number of halogens is 1. The summed E-state index contributed by atoms with van der Waals surface area (Å²) in [5, 5.41) is 10.8. The lowest BCUT2D eigenvalue weighted by molar-refractivity contribution is 0.426. The molecule has 6 heteroatoms. The normalized spacial score (nSPS) is 15.2. The standard InChI is InChI=1S/C15H15ClN4O/c1-8(2)14-19-12(15(21)20(14)3)4-9-6-17-13-11(9)5-10(16)7-18-13/h4-8,21H,1-3H3. The summed E-state index contributed by atoms with van der Waals surface area (Å²) in [5.74, 6) is 1.83. The van der Waals surface area contributed by atoms with E-state index in [0.29, 0.717) is 16.5 Å². The van der Waals surface area contributed by atoms with E-state index in [4.69, 9.17) is 11.6 Å². The number of imidazole rings is 1. The van der Waals surface area contributed by atoms with Crippen molar-refractivity contribution in [3.8, 4) is 5.88 Å². The second-order valence-electron chi connectivity index (χ2n) is 5.28. The quantitative estimate of drug-likeness (QED) is 0.922. The van der Waals surface area contributed by atoms with Gasteiger partial charge in [0.05, 0.1) is 5.02 Å². The molecule has 3 heterocycles. The molecule has 5 nitrogen and oxygen atoms in total. The predicted molar refractivity (Wildman–Crippen MR) is 84.2 cm³/mol. The third-order valence-electron chi connectivity index (χ3n) is 3.40. The molecule has 1 aliphatic heterocycles. The van der Waals surface area contributed by atoms with Gasteiger partial charge in [0.1, 0.15) is 11.5 Å². The molecule has 21 heavy (non-hydrogen) atoms. The molecule has 1 N–H and O–H groups in total. The first-order valence-electron chi connectivity index (χ1n) is 6.64. The van der Waals surface area contributed by atoms with E-state index in [-0.39, 0.29) is 11.8 Å². The fourth-order valence-electron chi connectivity index (χ4n) is 2.35. The van der Waals surface area contributed by atoms with Crippen LogP contribution in [0.15, 0.2) is 17.3 Å². The highest BCUT2D eigenvalue weighted by molar-refractivity contribution is 6.31. The number of aromatic nitrogens is 3. The molecule has 0 aromatic carbocycles. The summed E-state index contributed by atoms with van der Waals surface area (Å²) in [5.41, 5.74) is 2.21. The Morgan fingerprint density at radius 1 is 1.38 bits per heavy atom. The number of fused-ring (bicyclic) bond motifs is 1. The molecule has 0 atom stereocenters. The maximum Gasteiger partial charge on any atom is 0.218 e. The smallest absolute Gasteiger partial charge is 0.218 e. The van der Waals surface area contributed by atoms with Crippen molar-refractivity contribution in [2.24, 2.45) is 12.0 Å². The molecule has 0 radical (unpaired) electrons. The first-order valence-corrected chi connectivity index (χ1v) is 7.02. The van der Waals surface area contributed by atoms with Gasteiger partial charge >= 0.3 is 0 Å². The molecular weight excluding hydrogens is 288 g/mol. The Kier molecular flexibility index (Phi) is 3.29. The van der Waals surface area contributed by atoms with Crippen molar-refractivity contribution >= 4 is 35.3 Å². The van der Waals surface area contributed by atoms with Gasteiger partial charge in [-0.2, -0.15) is 0 Å². The molecule has 2 aromatic rings. The molecule has 0 fully saturated rings. The zero-order valence-electron chi connectivity index (χ0n) is 12.0. The van der Waals surface area contributed by atoms with E-state index in [1.54, 1.807) is 30.1 Å². The van der Waals surface area contributed by atoms with E-state index in [2.05, 4.69) is 15.0 Å². The molecule has 0 bridgehead atoms. The zero-order chi connectivity index (χ0) is 15.1. The van der Waals surface area contributed by atoms with Gasteiger partial charge < -0.3 is 9.67 Å². The van der Waals surface area contributed by atoms with Crippen molar-refractivity contribution in [2.75, 3.05) is 0 Å². The number of rotatable bonds is 2. The monoisotopic (exact) mass is 302 g/mol. The first-order chi connectivity index (χ1) is 9.97. The highest BCUT2D eigenvalue weighted by atomic mass is 35.5. The third-order valence-corrected chi connectivity index (χ3v) is 3.61. The molecule has 0 amide bonds. The topological polar surface area (TPSA) is 63.3 Å². The minimum absolute atomic E-state index is 0.142.